The Kier molecular flexibility index (Phi) is 6.51. The first kappa shape index (κ1) is 24.6. The second kappa shape index (κ2) is 9.27. The molecular weight excluding hydrogens is 450 g/mol. The molecule has 0 aliphatic heterocycles. The van der Waals surface area contributed by atoms with Gasteiger partial charge in [0, 0.05) is 23.0 Å². The van der Waals surface area contributed by atoms with Crippen molar-refractivity contribution in [2.45, 2.75) is 52.8 Å². The molecule has 0 bridgehead atoms. The van der Waals surface area contributed by atoms with E-state index in [1.165, 1.54) is 0 Å². The Morgan fingerprint density at radius 3 is 2.26 bits per heavy atom. The van der Waals surface area contributed by atoms with Gasteiger partial charge in [-0.2, -0.15) is 0 Å². The first-order chi connectivity index (χ1) is 16.4. The molecule has 0 saturated carbocycles. The normalized spacial score (nSPS) is 12.0. The zero-order valence-corrected chi connectivity index (χ0v) is 22.7. The van der Waals surface area contributed by atoms with Crippen LogP contribution in [0.25, 0.3) is 16.6 Å². The number of carbonyl (C=O) groups excluding carboxylic acids is 1. The fourth-order valence-corrected chi connectivity index (χ4v) is 4.80. The van der Waals surface area contributed by atoms with Crippen LogP contribution in [-0.2, 0) is 0 Å². The van der Waals surface area contributed by atoms with Crippen LogP contribution in [0, 0.1) is 13.8 Å². The zero-order chi connectivity index (χ0) is 25.4. The number of benzene rings is 3. The van der Waals surface area contributed by atoms with Crippen LogP contribution in [-0.4, -0.2) is 18.9 Å². The van der Waals surface area contributed by atoms with Crippen molar-refractivity contribution < 1.29 is 9.22 Å². The lowest BCUT2D eigenvalue weighted by atomic mass is 10.1. The molecule has 5 nitrogen and oxygen atoms in total. The molecule has 2 amide bonds. The van der Waals surface area contributed by atoms with Gasteiger partial charge in [0.05, 0.1) is 11.2 Å². The lowest BCUT2D eigenvalue weighted by molar-refractivity contribution is 0.262. The van der Waals surface area contributed by atoms with Crippen molar-refractivity contribution >= 4 is 36.6 Å². The molecule has 0 radical (unpaired) electrons. The molecule has 0 saturated heterocycles. The molecule has 0 unspecified atom stereocenters. The maximum absolute atomic E-state index is 12.7. The molecule has 0 spiro atoms. The van der Waals surface area contributed by atoms with Gasteiger partial charge in [-0.25, -0.2) is 4.79 Å². The quantitative estimate of drug-likeness (QED) is 0.279. The average Bonchev–Trinajstić information content (AvgIpc) is 3.21. The summed E-state index contributed by atoms with van der Waals surface area (Å²) >= 11 is 0. The standard InChI is InChI=1S/C29H35N3O2Si/c1-20-11-12-21(2)26(19-20)31-28(33)30-25-9-8-10-27-24(25)17-18-32(27)22-13-15-23(16-14-22)34-35(6,7)29(3,4)5/h8-19H,1-7H3,(H2,30,31,33). The van der Waals surface area contributed by atoms with E-state index >= 15 is 0 Å². The highest BCUT2D eigenvalue weighted by Gasteiger charge is 2.38. The Morgan fingerprint density at radius 1 is 0.886 bits per heavy atom. The Hall–Kier alpha value is -3.51. The highest BCUT2D eigenvalue weighted by molar-refractivity contribution is 6.74. The van der Waals surface area contributed by atoms with Crippen molar-refractivity contribution in [3.63, 3.8) is 0 Å². The van der Waals surface area contributed by atoms with Gasteiger partial charge in [0.25, 0.3) is 0 Å². The molecule has 6 heteroatoms. The molecule has 3 aromatic carbocycles. The fraction of sp³-hybridized carbons (Fsp3) is 0.276. The Bertz CT molecular complexity index is 1370. The van der Waals surface area contributed by atoms with Crippen molar-refractivity contribution in [3.8, 4) is 11.4 Å². The smallest absolute Gasteiger partial charge is 0.323 e. The van der Waals surface area contributed by atoms with E-state index in [0.29, 0.717) is 0 Å². The van der Waals surface area contributed by atoms with Gasteiger partial charge in [0.2, 0.25) is 8.32 Å². The summed E-state index contributed by atoms with van der Waals surface area (Å²) in [7, 11) is -1.88. The number of nitrogens with zero attached hydrogens (tertiary/aromatic N) is 1. The Balaban J connectivity index is 1.55. The number of amides is 2. The third-order valence-electron chi connectivity index (χ3n) is 6.92. The Morgan fingerprint density at radius 2 is 1.57 bits per heavy atom. The summed E-state index contributed by atoms with van der Waals surface area (Å²) in [5, 5.41) is 7.11. The summed E-state index contributed by atoms with van der Waals surface area (Å²) < 4.78 is 8.55. The number of rotatable bonds is 5. The minimum absolute atomic E-state index is 0.149. The Labute approximate surface area is 209 Å². The predicted molar refractivity (Wildman–Crippen MR) is 150 cm³/mol. The van der Waals surface area contributed by atoms with Gasteiger partial charge in [-0.1, -0.05) is 39.0 Å². The second-order valence-electron chi connectivity index (χ2n) is 10.7. The van der Waals surface area contributed by atoms with Crippen molar-refractivity contribution in [2.24, 2.45) is 0 Å². The summed E-state index contributed by atoms with van der Waals surface area (Å²) in [4.78, 5) is 12.7. The summed E-state index contributed by atoms with van der Waals surface area (Å²) in [6.07, 6.45) is 2.03. The number of aryl methyl sites for hydroxylation is 2. The number of urea groups is 1. The van der Waals surface area contributed by atoms with Gasteiger partial charge < -0.3 is 19.6 Å². The third kappa shape index (κ3) is 5.27. The van der Waals surface area contributed by atoms with Crippen LogP contribution in [0.5, 0.6) is 5.75 Å². The SMILES string of the molecule is Cc1ccc(C)c(NC(=O)Nc2cccc3c2ccn3-c2ccc(O[Si](C)(C)C(C)(C)C)cc2)c1. The molecule has 0 atom stereocenters. The number of carbonyl (C=O) groups is 1. The van der Waals surface area contributed by atoms with E-state index in [4.69, 9.17) is 4.43 Å². The van der Waals surface area contributed by atoms with Gasteiger partial charge in [-0.3, -0.25) is 0 Å². The average molecular weight is 486 g/mol. The first-order valence-corrected chi connectivity index (χ1v) is 14.9. The van der Waals surface area contributed by atoms with E-state index in [0.717, 1.165) is 44.8 Å². The van der Waals surface area contributed by atoms with E-state index in [2.05, 4.69) is 67.3 Å². The molecule has 0 aliphatic rings. The van der Waals surface area contributed by atoms with Crippen LogP contribution < -0.4 is 15.1 Å². The van der Waals surface area contributed by atoms with Crippen molar-refractivity contribution in [1.82, 2.24) is 4.57 Å². The van der Waals surface area contributed by atoms with Crippen LogP contribution in [0.15, 0.2) is 72.9 Å². The van der Waals surface area contributed by atoms with Gasteiger partial charge in [-0.05, 0) is 91.6 Å². The van der Waals surface area contributed by atoms with E-state index in [1.807, 2.05) is 68.6 Å². The van der Waals surface area contributed by atoms with Crippen LogP contribution in [0.2, 0.25) is 18.1 Å². The highest BCUT2D eigenvalue weighted by atomic mass is 28.4. The lowest BCUT2D eigenvalue weighted by Gasteiger charge is -2.36. The van der Waals surface area contributed by atoms with Crippen molar-refractivity contribution in [3.05, 3.63) is 84.1 Å². The molecule has 0 aliphatic carbocycles. The summed E-state index contributed by atoms with van der Waals surface area (Å²) in [5.41, 5.74) is 5.77. The minimum atomic E-state index is -1.88. The van der Waals surface area contributed by atoms with Crippen LogP contribution in [0.4, 0.5) is 16.2 Å². The molecule has 4 aromatic rings. The minimum Gasteiger partial charge on any atom is -0.544 e. The van der Waals surface area contributed by atoms with Crippen LogP contribution >= 0.6 is 0 Å². The van der Waals surface area contributed by atoms with Gasteiger partial charge in [0.15, 0.2) is 0 Å². The number of hydrogen-bond donors (Lipinski definition) is 2. The molecule has 182 valence electrons. The number of aromatic nitrogens is 1. The molecule has 1 heterocycles. The molecule has 0 fully saturated rings. The molecule has 2 N–H and O–H groups in total. The predicted octanol–water partition coefficient (Wildman–Crippen LogP) is 8.28. The molecule has 1 aromatic heterocycles. The molecular formula is C29H35N3O2Si. The number of nitrogens with one attached hydrogen (secondary N) is 2. The highest BCUT2D eigenvalue weighted by Crippen LogP contribution is 2.37. The monoisotopic (exact) mass is 485 g/mol. The van der Waals surface area contributed by atoms with Crippen molar-refractivity contribution in [1.29, 1.82) is 0 Å². The molecule has 4 rings (SSSR count). The first-order valence-electron chi connectivity index (χ1n) is 12.0. The third-order valence-corrected chi connectivity index (χ3v) is 11.3. The number of fused-ring (bicyclic) bond motifs is 1. The number of anilines is 2. The maximum Gasteiger partial charge on any atom is 0.323 e. The van der Waals surface area contributed by atoms with E-state index in [9.17, 15) is 4.79 Å². The van der Waals surface area contributed by atoms with Crippen LogP contribution in [0.1, 0.15) is 31.9 Å². The lowest BCUT2D eigenvalue weighted by Crippen LogP contribution is -2.43. The maximum atomic E-state index is 12.7. The van der Waals surface area contributed by atoms with E-state index in [1.54, 1.807) is 0 Å². The summed E-state index contributed by atoms with van der Waals surface area (Å²) in [6.45, 7) is 15.2. The molecule has 35 heavy (non-hydrogen) atoms. The zero-order valence-electron chi connectivity index (χ0n) is 21.7. The van der Waals surface area contributed by atoms with Gasteiger partial charge >= 0.3 is 6.03 Å². The van der Waals surface area contributed by atoms with Gasteiger partial charge in [-0.15, -0.1) is 0 Å². The summed E-state index contributed by atoms with van der Waals surface area (Å²) in [6, 6.07) is 22.0. The van der Waals surface area contributed by atoms with E-state index < -0.39 is 8.32 Å². The topological polar surface area (TPSA) is 55.3 Å². The fourth-order valence-electron chi connectivity index (χ4n) is 3.77. The van der Waals surface area contributed by atoms with Gasteiger partial charge in [0.1, 0.15) is 5.75 Å². The van der Waals surface area contributed by atoms with E-state index in [-0.39, 0.29) is 11.1 Å². The number of hydrogen-bond acceptors (Lipinski definition) is 2. The van der Waals surface area contributed by atoms with Crippen molar-refractivity contribution in [2.75, 3.05) is 10.6 Å². The largest absolute Gasteiger partial charge is 0.544 e. The summed E-state index contributed by atoms with van der Waals surface area (Å²) in [5.74, 6) is 0.905. The van der Waals surface area contributed by atoms with Crippen LogP contribution in [0.3, 0.4) is 0 Å². The second-order valence-corrected chi connectivity index (χ2v) is 15.4.